The predicted molar refractivity (Wildman–Crippen MR) is 119 cm³/mol. The van der Waals surface area contributed by atoms with Gasteiger partial charge < -0.3 is 10.2 Å². The maximum atomic E-state index is 12.9. The highest BCUT2D eigenvalue weighted by atomic mass is 35.5. The maximum absolute atomic E-state index is 12.9. The lowest BCUT2D eigenvalue weighted by molar-refractivity contribution is -0.114. The summed E-state index contributed by atoms with van der Waals surface area (Å²) in [5.41, 5.74) is 2.24. The largest absolute Gasteiger partial charge is 0.349 e. The van der Waals surface area contributed by atoms with Gasteiger partial charge in [-0.15, -0.1) is 0 Å². The molecule has 1 saturated carbocycles. The van der Waals surface area contributed by atoms with E-state index < -0.39 is 0 Å². The van der Waals surface area contributed by atoms with Crippen LogP contribution in [0.1, 0.15) is 48.0 Å². The van der Waals surface area contributed by atoms with Gasteiger partial charge in [-0.1, -0.05) is 54.8 Å². The Labute approximate surface area is 180 Å². The molecule has 0 aromatic heterocycles. The minimum atomic E-state index is -0.0904. The summed E-state index contributed by atoms with van der Waals surface area (Å²) < 4.78 is 0. The molecule has 1 fully saturated rings. The molecule has 2 aromatic carbocycles. The van der Waals surface area contributed by atoms with E-state index in [2.05, 4.69) is 5.32 Å². The SMILES string of the molecule is CN1C(=O)C(=Cc2cccc(Cl)c2)Sc2ccc(C(=O)NC3CCCCC3)cc21. The molecule has 0 unspecified atom stereocenters. The molecule has 1 N–H and O–H groups in total. The van der Waals surface area contributed by atoms with E-state index in [0.717, 1.165) is 29.0 Å². The zero-order valence-corrected chi connectivity index (χ0v) is 17.9. The van der Waals surface area contributed by atoms with Gasteiger partial charge in [0.1, 0.15) is 0 Å². The monoisotopic (exact) mass is 426 g/mol. The van der Waals surface area contributed by atoms with Gasteiger partial charge in [0.05, 0.1) is 10.6 Å². The fraction of sp³-hybridized carbons (Fsp3) is 0.304. The molecule has 150 valence electrons. The highest BCUT2D eigenvalue weighted by Gasteiger charge is 2.27. The number of hydrogen-bond acceptors (Lipinski definition) is 3. The van der Waals surface area contributed by atoms with Crippen LogP contribution in [0.4, 0.5) is 5.69 Å². The molecule has 0 radical (unpaired) electrons. The molecule has 4 rings (SSSR count). The van der Waals surface area contributed by atoms with Gasteiger partial charge in [-0.05, 0) is 54.8 Å². The number of carbonyl (C=O) groups excluding carboxylic acids is 2. The van der Waals surface area contributed by atoms with Crippen molar-refractivity contribution in [2.45, 2.75) is 43.0 Å². The third-order valence-electron chi connectivity index (χ3n) is 5.40. The van der Waals surface area contributed by atoms with Crippen LogP contribution < -0.4 is 10.2 Å². The number of benzene rings is 2. The van der Waals surface area contributed by atoms with Gasteiger partial charge in [0.15, 0.2) is 0 Å². The highest BCUT2D eigenvalue weighted by Crippen LogP contribution is 2.42. The van der Waals surface area contributed by atoms with Crippen molar-refractivity contribution in [3.05, 3.63) is 63.5 Å². The Morgan fingerprint density at radius 3 is 2.72 bits per heavy atom. The molecule has 2 amide bonds. The summed E-state index contributed by atoms with van der Waals surface area (Å²) in [5, 5.41) is 3.78. The molecule has 1 aliphatic carbocycles. The minimum Gasteiger partial charge on any atom is -0.349 e. The smallest absolute Gasteiger partial charge is 0.264 e. The van der Waals surface area contributed by atoms with Crippen molar-refractivity contribution < 1.29 is 9.59 Å². The number of nitrogens with zero attached hydrogens (tertiary/aromatic N) is 1. The molecule has 29 heavy (non-hydrogen) atoms. The van der Waals surface area contributed by atoms with Crippen LogP contribution in [0.5, 0.6) is 0 Å². The van der Waals surface area contributed by atoms with Crippen LogP contribution in [0.2, 0.25) is 5.02 Å². The van der Waals surface area contributed by atoms with Gasteiger partial charge in [0.25, 0.3) is 11.8 Å². The summed E-state index contributed by atoms with van der Waals surface area (Å²) >= 11 is 7.48. The average Bonchev–Trinajstić information content (AvgIpc) is 2.72. The number of nitrogens with one attached hydrogen (secondary N) is 1. The van der Waals surface area contributed by atoms with E-state index in [1.807, 2.05) is 42.5 Å². The fourth-order valence-electron chi connectivity index (χ4n) is 3.80. The van der Waals surface area contributed by atoms with E-state index in [4.69, 9.17) is 11.6 Å². The lowest BCUT2D eigenvalue weighted by atomic mass is 9.95. The topological polar surface area (TPSA) is 49.4 Å². The van der Waals surface area contributed by atoms with Crippen LogP contribution in [0.25, 0.3) is 6.08 Å². The minimum absolute atomic E-state index is 0.0641. The van der Waals surface area contributed by atoms with E-state index in [1.165, 1.54) is 31.0 Å². The summed E-state index contributed by atoms with van der Waals surface area (Å²) in [5.74, 6) is -0.155. The van der Waals surface area contributed by atoms with Gasteiger partial charge in [-0.25, -0.2) is 0 Å². The maximum Gasteiger partial charge on any atom is 0.264 e. The summed E-state index contributed by atoms with van der Waals surface area (Å²) in [6.45, 7) is 0. The number of rotatable bonds is 3. The third-order valence-corrected chi connectivity index (χ3v) is 6.72. The Morgan fingerprint density at radius 1 is 1.17 bits per heavy atom. The zero-order chi connectivity index (χ0) is 20.4. The Balaban J connectivity index is 1.56. The molecule has 0 saturated heterocycles. The lowest BCUT2D eigenvalue weighted by Crippen LogP contribution is -2.36. The van der Waals surface area contributed by atoms with Crippen molar-refractivity contribution in [3.8, 4) is 0 Å². The summed E-state index contributed by atoms with van der Waals surface area (Å²) in [6.07, 6.45) is 7.53. The normalized spacial score (nSPS) is 18.6. The summed E-state index contributed by atoms with van der Waals surface area (Å²) in [7, 11) is 1.75. The lowest BCUT2D eigenvalue weighted by Gasteiger charge is -2.28. The summed E-state index contributed by atoms with van der Waals surface area (Å²) in [6, 6.07) is 13.2. The molecule has 0 atom stereocenters. The van der Waals surface area contributed by atoms with Crippen molar-refractivity contribution in [2.75, 3.05) is 11.9 Å². The Hall–Kier alpha value is -2.24. The van der Waals surface area contributed by atoms with E-state index in [0.29, 0.717) is 15.5 Å². The molecular formula is C23H23ClN2O2S. The van der Waals surface area contributed by atoms with Crippen molar-refractivity contribution in [2.24, 2.45) is 0 Å². The first-order valence-corrected chi connectivity index (χ1v) is 11.1. The second-order valence-electron chi connectivity index (χ2n) is 7.52. The Morgan fingerprint density at radius 2 is 1.97 bits per heavy atom. The standard InChI is InChI=1S/C23H23ClN2O2S/c1-26-19-14-16(22(27)25-18-8-3-2-4-9-18)10-11-20(19)29-21(23(26)28)13-15-6-5-7-17(24)12-15/h5-7,10-14,18H,2-4,8-9H2,1H3,(H,25,27). The van der Waals surface area contributed by atoms with Gasteiger partial charge in [-0.3, -0.25) is 9.59 Å². The van der Waals surface area contributed by atoms with Gasteiger partial charge in [0.2, 0.25) is 0 Å². The third kappa shape index (κ3) is 4.51. The zero-order valence-electron chi connectivity index (χ0n) is 16.3. The quantitative estimate of drug-likeness (QED) is 0.658. The second kappa shape index (κ2) is 8.64. The molecule has 1 heterocycles. The second-order valence-corrected chi connectivity index (χ2v) is 9.04. The Bertz CT molecular complexity index is 983. The molecule has 4 nitrogen and oxygen atoms in total. The number of anilines is 1. The van der Waals surface area contributed by atoms with Crippen molar-refractivity contribution in [1.82, 2.24) is 5.32 Å². The van der Waals surface area contributed by atoms with Crippen molar-refractivity contribution >= 4 is 46.9 Å². The fourth-order valence-corrected chi connectivity index (χ4v) is 5.09. The van der Waals surface area contributed by atoms with Crippen LogP contribution in [-0.4, -0.2) is 24.9 Å². The molecule has 2 aromatic rings. The van der Waals surface area contributed by atoms with Crippen LogP contribution in [0.15, 0.2) is 52.3 Å². The number of carbonyl (C=O) groups is 2. The van der Waals surface area contributed by atoms with Crippen LogP contribution in [0.3, 0.4) is 0 Å². The number of amides is 2. The van der Waals surface area contributed by atoms with E-state index in [1.54, 1.807) is 18.0 Å². The van der Waals surface area contributed by atoms with Crippen molar-refractivity contribution in [1.29, 1.82) is 0 Å². The van der Waals surface area contributed by atoms with Crippen LogP contribution in [0, 0.1) is 0 Å². The van der Waals surface area contributed by atoms with Crippen LogP contribution >= 0.6 is 23.4 Å². The van der Waals surface area contributed by atoms with Gasteiger partial charge in [-0.2, -0.15) is 0 Å². The predicted octanol–water partition coefficient (Wildman–Crippen LogP) is 5.51. The highest BCUT2D eigenvalue weighted by molar-refractivity contribution is 8.04. The number of hydrogen-bond donors (Lipinski definition) is 1. The molecular weight excluding hydrogens is 404 g/mol. The summed E-state index contributed by atoms with van der Waals surface area (Å²) in [4.78, 5) is 28.7. The number of halogens is 1. The van der Waals surface area contributed by atoms with Gasteiger partial charge >= 0.3 is 0 Å². The molecule has 1 aliphatic heterocycles. The van der Waals surface area contributed by atoms with Gasteiger partial charge in [0, 0.05) is 28.6 Å². The Kier molecular flexibility index (Phi) is 5.97. The van der Waals surface area contributed by atoms with Crippen molar-refractivity contribution in [3.63, 3.8) is 0 Å². The van der Waals surface area contributed by atoms with E-state index >= 15 is 0 Å². The molecule has 0 spiro atoms. The van der Waals surface area contributed by atoms with E-state index in [9.17, 15) is 9.59 Å². The number of likely N-dealkylation sites (N-methyl/N-ethyl adjacent to an activating group) is 1. The molecule has 2 aliphatic rings. The first-order valence-electron chi connectivity index (χ1n) is 9.89. The van der Waals surface area contributed by atoms with E-state index in [-0.39, 0.29) is 17.9 Å². The van der Waals surface area contributed by atoms with Crippen LogP contribution in [-0.2, 0) is 4.79 Å². The number of thioether (sulfide) groups is 1. The number of fused-ring (bicyclic) bond motifs is 1. The molecule has 0 bridgehead atoms. The first kappa shape index (κ1) is 20.0. The first-order chi connectivity index (χ1) is 14.0. The molecule has 6 heteroatoms. The average molecular weight is 427 g/mol.